The summed E-state index contributed by atoms with van der Waals surface area (Å²) in [5.74, 6) is 0.839. The molecule has 176 valence electrons. The molecule has 1 atom stereocenters. The number of hydrogen-bond acceptors (Lipinski definition) is 1. The largest absolute Gasteiger partial charge is 0.207 e. The fourth-order valence-corrected chi connectivity index (χ4v) is 6.08. The molecule has 4 rings (SSSR count). The molecule has 2 aliphatic carbocycles. The third kappa shape index (κ3) is 5.84. The average molecular weight is 450 g/mol. The van der Waals surface area contributed by atoms with Crippen LogP contribution in [0, 0.1) is 28.9 Å². The first kappa shape index (κ1) is 23.9. The summed E-state index contributed by atoms with van der Waals surface area (Å²) in [5.41, 5.74) is 3.96. The van der Waals surface area contributed by atoms with Crippen molar-refractivity contribution in [3.8, 4) is 6.07 Å². The Hall–Kier alpha value is -2.21. The van der Waals surface area contributed by atoms with E-state index in [4.69, 9.17) is 5.26 Å². The molecule has 0 saturated heterocycles. The van der Waals surface area contributed by atoms with E-state index >= 15 is 4.39 Å². The highest BCUT2D eigenvalue weighted by atomic mass is 19.1. The number of hydrogen-bond donors (Lipinski definition) is 0. The van der Waals surface area contributed by atoms with E-state index in [1.807, 2.05) is 12.1 Å². The molecule has 0 spiro atoms. The summed E-state index contributed by atoms with van der Waals surface area (Å²) in [4.78, 5) is 0. The molecule has 0 amide bonds. The van der Waals surface area contributed by atoms with Crippen molar-refractivity contribution >= 4 is 0 Å². The summed E-state index contributed by atoms with van der Waals surface area (Å²) >= 11 is 0. The number of benzene rings is 2. The molecule has 2 aliphatic rings. The smallest absolute Gasteiger partial charge is 0.141 e. The molecule has 0 N–H and O–H groups in total. The van der Waals surface area contributed by atoms with Crippen molar-refractivity contribution in [2.24, 2.45) is 5.92 Å². The Morgan fingerprint density at radius 3 is 2.36 bits per heavy atom. The van der Waals surface area contributed by atoms with Gasteiger partial charge in [0.25, 0.3) is 0 Å². The number of aryl methyl sites for hydroxylation is 1. The van der Waals surface area contributed by atoms with Gasteiger partial charge in [-0.25, -0.2) is 8.78 Å². The number of rotatable bonds is 8. The van der Waals surface area contributed by atoms with Gasteiger partial charge in [0.2, 0.25) is 0 Å². The SMILES string of the molecule is CCCCCCCC1CCC(c2ccc(C3CCc4cc(C#N)c(F)cc4C3)c(F)c2)CC1. The van der Waals surface area contributed by atoms with Crippen LogP contribution in [-0.2, 0) is 12.8 Å². The van der Waals surface area contributed by atoms with E-state index in [1.54, 1.807) is 12.1 Å². The first-order valence-corrected chi connectivity index (χ1v) is 13.1. The normalized spacial score (nSPS) is 22.5. The van der Waals surface area contributed by atoms with Crippen molar-refractivity contribution in [1.82, 2.24) is 0 Å². The number of nitriles is 1. The van der Waals surface area contributed by atoms with E-state index in [-0.39, 0.29) is 17.3 Å². The summed E-state index contributed by atoms with van der Waals surface area (Å²) in [7, 11) is 0. The lowest BCUT2D eigenvalue weighted by Gasteiger charge is -2.30. The van der Waals surface area contributed by atoms with Crippen LogP contribution < -0.4 is 0 Å². The van der Waals surface area contributed by atoms with Gasteiger partial charge in [-0.15, -0.1) is 0 Å². The topological polar surface area (TPSA) is 23.8 Å². The molecule has 0 aromatic heterocycles. The average Bonchev–Trinajstić information content (AvgIpc) is 2.83. The Balaban J connectivity index is 1.34. The van der Waals surface area contributed by atoms with Gasteiger partial charge < -0.3 is 0 Å². The molecule has 0 heterocycles. The highest BCUT2D eigenvalue weighted by Gasteiger charge is 2.26. The van der Waals surface area contributed by atoms with Crippen LogP contribution in [0.2, 0.25) is 0 Å². The number of nitrogens with zero attached hydrogens (tertiary/aromatic N) is 1. The van der Waals surface area contributed by atoms with Gasteiger partial charge in [-0.05, 0) is 103 Å². The fraction of sp³-hybridized carbons (Fsp3) is 0.567. The van der Waals surface area contributed by atoms with E-state index in [0.717, 1.165) is 41.0 Å². The predicted octanol–water partition coefficient (Wildman–Crippen LogP) is 8.74. The van der Waals surface area contributed by atoms with E-state index in [2.05, 4.69) is 13.0 Å². The standard InChI is InChI=1S/C30H37F2N/c1-2-3-4-5-6-7-21-8-10-22(11-9-21)24-14-15-28(30(32)18-24)25-13-12-23-16-27(20-33)29(31)19-26(23)17-25/h14-16,18-19,21-22,25H,2-13,17H2,1H3. The van der Waals surface area contributed by atoms with Crippen LogP contribution in [0.5, 0.6) is 0 Å². The second-order valence-corrected chi connectivity index (χ2v) is 10.4. The second-order valence-electron chi connectivity index (χ2n) is 10.4. The number of halogens is 2. The highest BCUT2D eigenvalue weighted by Crippen LogP contribution is 2.40. The van der Waals surface area contributed by atoms with Crippen molar-refractivity contribution in [2.45, 2.75) is 102 Å². The zero-order chi connectivity index (χ0) is 23.2. The van der Waals surface area contributed by atoms with Crippen LogP contribution in [0.3, 0.4) is 0 Å². The maximum Gasteiger partial charge on any atom is 0.141 e. The van der Waals surface area contributed by atoms with Gasteiger partial charge in [0.1, 0.15) is 17.7 Å². The molecule has 0 radical (unpaired) electrons. The minimum absolute atomic E-state index is 0.0716. The molecule has 1 unspecified atom stereocenters. The van der Waals surface area contributed by atoms with Crippen molar-refractivity contribution in [2.75, 3.05) is 0 Å². The van der Waals surface area contributed by atoms with Gasteiger partial charge in [0.15, 0.2) is 0 Å². The summed E-state index contributed by atoms with van der Waals surface area (Å²) in [6.07, 6.45) is 15.3. The van der Waals surface area contributed by atoms with E-state index < -0.39 is 5.82 Å². The first-order chi connectivity index (χ1) is 16.1. The van der Waals surface area contributed by atoms with Crippen LogP contribution in [0.15, 0.2) is 30.3 Å². The molecular weight excluding hydrogens is 412 g/mol. The Kier molecular flexibility index (Phi) is 8.18. The molecule has 1 saturated carbocycles. The van der Waals surface area contributed by atoms with Crippen LogP contribution in [-0.4, -0.2) is 0 Å². The van der Waals surface area contributed by atoms with Gasteiger partial charge in [-0.1, -0.05) is 57.6 Å². The third-order valence-corrected chi connectivity index (χ3v) is 8.14. The summed E-state index contributed by atoms with van der Waals surface area (Å²) in [6, 6.07) is 11.0. The van der Waals surface area contributed by atoms with Crippen LogP contribution in [0.25, 0.3) is 0 Å². The summed E-state index contributed by atoms with van der Waals surface area (Å²) in [5, 5.41) is 9.06. The van der Waals surface area contributed by atoms with Crippen molar-refractivity contribution in [3.05, 3.63) is 69.8 Å². The molecule has 0 bridgehead atoms. The minimum atomic E-state index is -0.468. The Morgan fingerprint density at radius 1 is 0.848 bits per heavy atom. The van der Waals surface area contributed by atoms with E-state index in [1.165, 1.54) is 70.3 Å². The molecule has 0 aliphatic heterocycles. The van der Waals surface area contributed by atoms with Gasteiger partial charge >= 0.3 is 0 Å². The van der Waals surface area contributed by atoms with Crippen LogP contribution in [0.4, 0.5) is 8.78 Å². The fourth-order valence-electron chi connectivity index (χ4n) is 6.08. The van der Waals surface area contributed by atoms with Gasteiger partial charge in [0.05, 0.1) is 5.56 Å². The van der Waals surface area contributed by atoms with Crippen molar-refractivity contribution < 1.29 is 8.78 Å². The Bertz CT molecular complexity index is 982. The van der Waals surface area contributed by atoms with Crippen molar-refractivity contribution in [3.63, 3.8) is 0 Å². The maximum absolute atomic E-state index is 15.2. The summed E-state index contributed by atoms with van der Waals surface area (Å²) in [6.45, 7) is 2.26. The van der Waals surface area contributed by atoms with Crippen LogP contribution in [0.1, 0.15) is 117 Å². The predicted molar refractivity (Wildman–Crippen MR) is 130 cm³/mol. The van der Waals surface area contributed by atoms with Gasteiger partial charge in [-0.2, -0.15) is 5.26 Å². The van der Waals surface area contributed by atoms with E-state index in [9.17, 15) is 4.39 Å². The van der Waals surface area contributed by atoms with Crippen molar-refractivity contribution in [1.29, 1.82) is 5.26 Å². The van der Waals surface area contributed by atoms with E-state index in [0.29, 0.717) is 12.3 Å². The molecule has 1 nitrogen and oxygen atoms in total. The number of fused-ring (bicyclic) bond motifs is 1. The zero-order valence-corrected chi connectivity index (χ0v) is 20.0. The molecule has 1 fully saturated rings. The minimum Gasteiger partial charge on any atom is -0.207 e. The second kappa shape index (κ2) is 11.3. The Morgan fingerprint density at radius 2 is 1.64 bits per heavy atom. The quantitative estimate of drug-likeness (QED) is 0.370. The Labute approximate surface area is 198 Å². The maximum atomic E-state index is 15.2. The monoisotopic (exact) mass is 449 g/mol. The van der Waals surface area contributed by atoms with Gasteiger partial charge in [0, 0.05) is 0 Å². The molecule has 33 heavy (non-hydrogen) atoms. The lowest BCUT2D eigenvalue weighted by molar-refractivity contribution is 0.301. The lowest BCUT2D eigenvalue weighted by atomic mass is 9.76. The molecule has 2 aromatic carbocycles. The first-order valence-electron chi connectivity index (χ1n) is 13.1. The number of unbranched alkanes of at least 4 members (excludes halogenated alkanes) is 4. The molecule has 3 heteroatoms. The lowest BCUT2D eigenvalue weighted by Crippen LogP contribution is -2.16. The van der Waals surface area contributed by atoms with Gasteiger partial charge in [-0.3, -0.25) is 0 Å². The zero-order valence-electron chi connectivity index (χ0n) is 20.0. The third-order valence-electron chi connectivity index (χ3n) is 8.14. The summed E-state index contributed by atoms with van der Waals surface area (Å²) < 4.78 is 29.3. The van der Waals surface area contributed by atoms with Crippen LogP contribution >= 0.6 is 0 Å². The highest BCUT2D eigenvalue weighted by molar-refractivity contribution is 5.42. The molecular formula is C30H37F2N. The molecule has 2 aromatic rings.